The van der Waals surface area contributed by atoms with Gasteiger partial charge in [0.15, 0.2) is 0 Å². The minimum Gasteiger partial charge on any atom is -0.481 e. The summed E-state index contributed by atoms with van der Waals surface area (Å²) in [4.78, 5) is 16.7. The number of nitrogens with zero attached hydrogens (tertiary/aromatic N) is 3. The van der Waals surface area contributed by atoms with Crippen molar-refractivity contribution in [3.05, 3.63) is 22.2 Å². The number of nitro groups is 1. The number of nitrogens with one attached hydrogen (secondary N) is 1. The van der Waals surface area contributed by atoms with Gasteiger partial charge in [0.1, 0.15) is 0 Å². The molecule has 0 fully saturated rings. The second-order valence-electron chi connectivity index (χ2n) is 3.93. The summed E-state index contributed by atoms with van der Waals surface area (Å²) >= 11 is 0. The fourth-order valence-electron chi connectivity index (χ4n) is 1.70. The molecule has 106 valence electrons. The number of anilines is 1. The Balaban J connectivity index is 2.72. The van der Waals surface area contributed by atoms with Gasteiger partial charge in [-0.3, -0.25) is 10.1 Å². The van der Waals surface area contributed by atoms with Crippen LogP contribution in [0.5, 0.6) is 5.88 Å². The van der Waals surface area contributed by atoms with Crippen molar-refractivity contribution < 1.29 is 9.66 Å². The molecule has 1 N–H and O–H groups in total. The molecule has 0 amide bonds. The molecule has 0 unspecified atom stereocenters. The van der Waals surface area contributed by atoms with Gasteiger partial charge in [-0.1, -0.05) is 13.8 Å². The molecule has 0 saturated carbocycles. The summed E-state index contributed by atoms with van der Waals surface area (Å²) in [5, 5.41) is 13.9. The summed E-state index contributed by atoms with van der Waals surface area (Å²) in [5.41, 5.74) is -0.0413. The van der Waals surface area contributed by atoms with Crippen LogP contribution in [0.2, 0.25) is 0 Å². The molecule has 1 aromatic rings. The van der Waals surface area contributed by atoms with Crippen LogP contribution < -0.4 is 10.1 Å². The average Bonchev–Trinajstić information content (AvgIpc) is 2.43. The third kappa shape index (κ3) is 4.36. The van der Waals surface area contributed by atoms with E-state index in [1.807, 2.05) is 0 Å². The number of likely N-dealkylation sites (N-methyl/N-ethyl adjacent to an activating group) is 1. The monoisotopic (exact) mass is 268 g/mol. The van der Waals surface area contributed by atoms with Crippen molar-refractivity contribution in [3.63, 3.8) is 0 Å². The zero-order valence-electron chi connectivity index (χ0n) is 11.5. The molecule has 0 bridgehead atoms. The highest BCUT2D eigenvalue weighted by Crippen LogP contribution is 2.24. The van der Waals surface area contributed by atoms with Crippen molar-refractivity contribution in [2.24, 2.45) is 0 Å². The van der Waals surface area contributed by atoms with Gasteiger partial charge in [-0.05, 0) is 13.1 Å². The fraction of sp³-hybridized carbons (Fsp3) is 0.583. The molecule has 1 rings (SSSR count). The average molecular weight is 268 g/mol. The highest BCUT2D eigenvalue weighted by Gasteiger charge is 2.16. The van der Waals surface area contributed by atoms with Crippen molar-refractivity contribution in [1.29, 1.82) is 0 Å². The molecule has 1 aromatic heterocycles. The number of methoxy groups -OCH3 is 1. The Morgan fingerprint density at radius 1 is 1.42 bits per heavy atom. The normalized spacial score (nSPS) is 10.5. The lowest BCUT2D eigenvalue weighted by atomic mass is 10.3. The van der Waals surface area contributed by atoms with Crippen LogP contribution >= 0.6 is 0 Å². The zero-order chi connectivity index (χ0) is 14.3. The number of hydrogen-bond acceptors (Lipinski definition) is 6. The van der Waals surface area contributed by atoms with Gasteiger partial charge < -0.3 is 15.0 Å². The standard InChI is InChI=1S/C12H20N4O3/c1-4-15(5-2)9-8-13-12-10(16(17)18)6-7-11(14-12)19-3/h6-7H,4-5,8-9H2,1-3H3,(H,13,14). The third-order valence-electron chi connectivity index (χ3n) is 2.87. The van der Waals surface area contributed by atoms with E-state index in [9.17, 15) is 10.1 Å². The Bertz CT molecular complexity index is 421. The maximum absolute atomic E-state index is 10.9. The maximum Gasteiger partial charge on any atom is 0.311 e. The van der Waals surface area contributed by atoms with Gasteiger partial charge in [-0.15, -0.1) is 0 Å². The SMILES string of the molecule is CCN(CC)CCNc1nc(OC)ccc1[N+](=O)[O-]. The quantitative estimate of drug-likeness (QED) is 0.571. The summed E-state index contributed by atoms with van der Waals surface area (Å²) in [6, 6.07) is 2.87. The summed E-state index contributed by atoms with van der Waals surface area (Å²) in [6.45, 7) is 7.47. The molecule has 0 spiro atoms. The van der Waals surface area contributed by atoms with Crippen LogP contribution in [0.4, 0.5) is 11.5 Å². The number of ether oxygens (including phenoxy) is 1. The molecule has 7 heteroatoms. The van der Waals surface area contributed by atoms with E-state index >= 15 is 0 Å². The highest BCUT2D eigenvalue weighted by atomic mass is 16.6. The molecule has 1 heterocycles. The predicted octanol–water partition coefficient (Wildman–Crippen LogP) is 1.75. The third-order valence-corrected chi connectivity index (χ3v) is 2.87. The van der Waals surface area contributed by atoms with E-state index in [1.165, 1.54) is 19.2 Å². The van der Waals surface area contributed by atoms with Gasteiger partial charge in [-0.25, -0.2) is 0 Å². The van der Waals surface area contributed by atoms with E-state index in [4.69, 9.17) is 4.74 Å². The predicted molar refractivity (Wildman–Crippen MR) is 73.7 cm³/mol. The Labute approximate surface area is 112 Å². The molecular formula is C12H20N4O3. The first kappa shape index (κ1) is 15.2. The smallest absolute Gasteiger partial charge is 0.311 e. The molecule has 0 aliphatic heterocycles. The number of pyridine rings is 1. The molecule has 0 saturated heterocycles. The van der Waals surface area contributed by atoms with E-state index in [1.54, 1.807) is 0 Å². The first-order valence-corrected chi connectivity index (χ1v) is 6.28. The van der Waals surface area contributed by atoms with E-state index in [-0.39, 0.29) is 11.5 Å². The van der Waals surface area contributed by atoms with E-state index in [0.29, 0.717) is 12.4 Å². The molecular weight excluding hydrogens is 248 g/mol. The van der Waals surface area contributed by atoms with Gasteiger partial charge in [0.25, 0.3) is 0 Å². The van der Waals surface area contributed by atoms with Crippen LogP contribution in [-0.2, 0) is 0 Å². The molecule has 0 radical (unpaired) electrons. The summed E-state index contributed by atoms with van der Waals surface area (Å²) < 4.78 is 4.98. The summed E-state index contributed by atoms with van der Waals surface area (Å²) in [6.07, 6.45) is 0. The largest absolute Gasteiger partial charge is 0.481 e. The van der Waals surface area contributed by atoms with Crippen molar-refractivity contribution in [1.82, 2.24) is 9.88 Å². The lowest BCUT2D eigenvalue weighted by Crippen LogP contribution is -2.28. The summed E-state index contributed by atoms with van der Waals surface area (Å²) in [7, 11) is 1.48. The highest BCUT2D eigenvalue weighted by molar-refractivity contribution is 5.57. The van der Waals surface area contributed by atoms with Crippen LogP contribution in [-0.4, -0.2) is 48.1 Å². The van der Waals surface area contributed by atoms with Gasteiger partial charge in [0.2, 0.25) is 11.7 Å². The minimum absolute atomic E-state index is 0.0413. The number of aromatic nitrogens is 1. The Kier molecular flexibility index (Phi) is 6.01. The summed E-state index contributed by atoms with van der Waals surface area (Å²) in [5.74, 6) is 0.604. The van der Waals surface area contributed by atoms with Crippen LogP contribution in [0.1, 0.15) is 13.8 Å². The van der Waals surface area contributed by atoms with Crippen LogP contribution in [0.3, 0.4) is 0 Å². The minimum atomic E-state index is -0.452. The Hall–Kier alpha value is -1.89. The van der Waals surface area contributed by atoms with Crippen molar-refractivity contribution >= 4 is 11.5 Å². The molecule has 7 nitrogen and oxygen atoms in total. The molecule has 19 heavy (non-hydrogen) atoms. The van der Waals surface area contributed by atoms with E-state index in [0.717, 1.165) is 19.6 Å². The Morgan fingerprint density at radius 2 is 2.11 bits per heavy atom. The van der Waals surface area contributed by atoms with Crippen molar-refractivity contribution in [3.8, 4) is 5.88 Å². The zero-order valence-corrected chi connectivity index (χ0v) is 11.5. The number of rotatable bonds is 8. The molecule has 0 aromatic carbocycles. The van der Waals surface area contributed by atoms with Crippen molar-refractivity contribution in [2.45, 2.75) is 13.8 Å². The first-order chi connectivity index (χ1) is 9.12. The van der Waals surface area contributed by atoms with Gasteiger partial charge in [-0.2, -0.15) is 4.98 Å². The topological polar surface area (TPSA) is 80.5 Å². The first-order valence-electron chi connectivity index (χ1n) is 6.28. The maximum atomic E-state index is 10.9. The van der Waals surface area contributed by atoms with Gasteiger partial charge in [0, 0.05) is 25.2 Å². The fourth-order valence-corrected chi connectivity index (χ4v) is 1.70. The van der Waals surface area contributed by atoms with E-state index < -0.39 is 4.92 Å². The molecule has 0 aliphatic rings. The van der Waals surface area contributed by atoms with Crippen LogP contribution in [0.15, 0.2) is 12.1 Å². The molecule has 0 aliphatic carbocycles. The lowest BCUT2D eigenvalue weighted by molar-refractivity contribution is -0.384. The van der Waals surface area contributed by atoms with Crippen LogP contribution in [0, 0.1) is 10.1 Å². The van der Waals surface area contributed by atoms with Crippen molar-refractivity contribution in [2.75, 3.05) is 38.6 Å². The van der Waals surface area contributed by atoms with Gasteiger partial charge in [0.05, 0.1) is 12.0 Å². The second kappa shape index (κ2) is 7.52. The Morgan fingerprint density at radius 3 is 2.63 bits per heavy atom. The molecule has 0 atom stereocenters. The van der Waals surface area contributed by atoms with Crippen LogP contribution in [0.25, 0.3) is 0 Å². The number of hydrogen-bond donors (Lipinski definition) is 1. The lowest BCUT2D eigenvalue weighted by Gasteiger charge is -2.18. The van der Waals surface area contributed by atoms with Gasteiger partial charge >= 0.3 is 5.69 Å². The second-order valence-corrected chi connectivity index (χ2v) is 3.93. The van der Waals surface area contributed by atoms with E-state index in [2.05, 4.69) is 29.0 Å².